The third-order valence-electron chi connectivity index (χ3n) is 11.6. The molecule has 2 aliphatic rings. The molecule has 0 radical (unpaired) electrons. The topological polar surface area (TPSA) is 234 Å². The number of nitrogens with zero attached hydrogens (tertiary/aromatic N) is 4. The van der Waals surface area contributed by atoms with Gasteiger partial charge in [-0.3, -0.25) is 23.2 Å². The summed E-state index contributed by atoms with van der Waals surface area (Å²) < 4.78 is 24.5. The molecule has 67 heavy (non-hydrogen) atoms. The first kappa shape index (κ1) is 48.5. The minimum Gasteiger partial charge on any atom is -0.391 e. The highest BCUT2D eigenvalue weighted by Crippen LogP contribution is 2.40. The van der Waals surface area contributed by atoms with E-state index in [4.69, 9.17) is 4.98 Å². The molecule has 6 amide bonds. The lowest BCUT2D eigenvalue weighted by Gasteiger charge is -2.36. The number of hydrogen-bond acceptors (Lipinski definition) is 12. The second-order valence-corrected chi connectivity index (χ2v) is 21.3. The van der Waals surface area contributed by atoms with Crippen LogP contribution in [-0.4, -0.2) is 106 Å². The first-order valence-electron chi connectivity index (χ1n) is 21.5. The van der Waals surface area contributed by atoms with Crippen molar-refractivity contribution in [1.82, 2.24) is 40.1 Å². The molecule has 7 rings (SSSR count). The molecule has 0 spiro atoms. The third-order valence-corrected chi connectivity index (χ3v) is 14.3. The van der Waals surface area contributed by atoms with E-state index in [2.05, 4.69) is 31.6 Å². The van der Waals surface area contributed by atoms with Gasteiger partial charge in [-0.2, -0.15) is 0 Å². The summed E-state index contributed by atoms with van der Waals surface area (Å²) in [6, 6.07) is 16.2. The molecular formula is C47H53N9O8S3. The summed E-state index contributed by atoms with van der Waals surface area (Å²) in [7, 11) is -3.59. The van der Waals surface area contributed by atoms with Crippen LogP contribution in [0, 0.1) is 12.3 Å². The summed E-state index contributed by atoms with van der Waals surface area (Å²) in [6.07, 6.45) is 8.73. The number of β-amino-alcohol motifs (C(OH)–C–C–N with tert-alkyl or cyclic N) is 1. The lowest BCUT2D eigenvalue weighted by molar-refractivity contribution is -0.142. The Bertz CT molecular complexity index is 2810. The van der Waals surface area contributed by atoms with E-state index in [9.17, 15) is 37.5 Å². The number of carbonyl (C=O) groups excluding carboxylic acids is 5. The number of rotatable bonds is 15. The number of carbonyl (C=O) groups is 5. The molecule has 17 nitrogen and oxygen atoms in total. The van der Waals surface area contributed by atoms with Crippen LogP contribution >= 0.6 is 22.7 Å². The molecular weight excluding hydrogens is 915 g/mol. The Hall–Kier alpha value is -6.48. The maximum atomic E-state index is 14.4. The SMILES string of the molecule is Cc1ncsc1-c1ccc(CNC(=O)[C@@H]2C[C@@H](O)CN2C(=O)[C@@H](NC(=O)NCC2(c3csc(NC(=O)CNC(=O)c4ccn(S(C)(=O)=O)c4)n3)C=CC=C(c3ccccc3)C2)C(C)(C)C)cc1. The van der Waals surface area contributed by atoms with Crippen molar-refractivity contribution in [3.8, 4) is 10.4 Å². The Morgan fingerprint density at radius 2 is 1.72 bits per heavy atom. The average molecular weight is 968 g/mol. The molecule has 1 unspecified atom stereocenters. The van der Waals surface area contributed by atoms with Crippen LogP contribution in [0.15, 0.2) is 102 Å². The van der Waals surface area contributed by atoms with Crippen molar-refractivity contribution in [3.63, 3.8) is 0 Å². The molecule has 352 valence electrons. The number of likely N-dealkylation sites (tertiary alicyclic amines) is 1. The van der Waals surface area contributed by atoms with Gasteiger partial charge in [0.2, 0.25) is 27.7 Å². The number of aryl methyl sites for hydroxylation is 1. The first-order valence-corrected chi connectivity index (χ1v) is 25.1. The van der Waals surface area contributed by atoms with Gasteiger partial charge in [-0.25, -0.2) is 23.2 Å². The number of nitrogens with one attached hydrogen (secondary N) is 5. The normalized spacial score (nSPS) is 18.7. The molecule has 6 N–H and O–H groups in total. The van der Waals surface area contributed by atoms with E-state index < -0.39 is 75.2 Å². The lowest BCUT2D eigenvalue weighted by Crippen LogP contribution is -2.59. The standard InChI is InChI=1S/C47H53N9O8S3/c1-29-39(66-28-51-29)32-15-13-30(14-16-32)22-48-42(60)36-20-35(57)25-56(36)43(61)40(46(2,3)4)54-44(62)50-27-47(18-9-12-33(21-47)31-10-7-6-8-11-31)37-26-65-45(52-37)53-38(58)23-49-41(59)34-17-19-55(24-34)67(5,63)64/h6-19,24,26,28,35-36,40,57H,20-23,25,27H2,1-5H3,(H,48,60)(H,49,59)(H2,50,54,62)(H,52,53,58)/t35-,36+,40-,47?/m1/s1. The van der Waals surface area contributed by atoms with Crippen LogP contribution in [0.3, 0.4) is 0 Å². The predicted octanol–water partition coefficient (Wildman–Crippen LogP) is 4.83. The summed E-state index contributed by atoms with van der Waals surface area (Å²) in [5.41, 5.74) is 5.46. The molecule has 1 aliphatic heterocycles. The number of anilines is 1. The highest BCUT2D eigenvalue weighted by atomic mass is 32.2. The van der Waals surface area contributed by atoms with Gasteiger partial charge < -0.3 is 36.6 Å². The fraction of sp³-hybridized carbons (Fsp3) is 0.340. The van der Waals surface area contributed by atoms with Crippen molar-refractivity contribution in [2.45, 2.75) is 70.7 Å². The van der Waals surface area contributed by atoms with Gasteiger partial charge in [-0.15, -0.1) is 22.7 Å². The fourth-order valence-electron chi connectivity index (χ4n) is 7.95. The van der Waals surface area contributed by atoms with Gasteiger partial charge in [0.15, 0.2) is 5.13 Å². The minimum atomic E-state index is -3.59. The van der Waals surface area contributed by atoms with Gasteiger partial charge in [-0.1, -0.05) is 93.6 Å². The highest BCUT2D eigenvalue weighted by Gasteiger charge is 2.45. The summed E-state index contributed by atoms with van der Waals surface area (Å²) in [4.78, 5) is 79.1. The van der Waals surface area contributed by atoms with Gasteiger partial charge in [0.1, 0.15) is 12.1 Å². The van der Waals surface area contributed by atoms with Crippen LogP contribution < -0.4 is 26.6 Å². The van der Waals surface area contributed by atoms with Gasteiger partial charge in [0, 0.05) is 43.8 Å². The van der Waals surface area contributed by atoms with E-state index in [1.807, 2.05) is 101 Å². The van der Waals surface area contributed by atoms with Crippen LogP contribution in [0.25, 0.3) is 16.0 Å². The lowest BCUT2D eigenvalue weighted by atomic mass is 9.74. The Kier molecular flexibility index (Phi) is 14.6. The highest BCUT2D eigenvalue weighted by molar-refractivity contribution is 7.89. The number of urea groups is 1. The van der Waals surface area contributed by atoms with Crippen molar-refractivity contribution in [2.24, 2.45) is 5.41 Å². The van der Waals surface area contributed by atoms with Gasteiger partial charge >= 0.3 is 6.03 Å². The minimum absolute atomic E-state index is 0.0309. The molecule has 1 fully saturated rings. The Balaban J connectivity index is 1.01. The van der Waals surface area contributed by atoms with E-state index in [-0.39, 0.29) is 36.8 Å². The maximum absolute atomic E-state index is 14.4. The molecule has 5 aromatic rings. The molecule has 0 saturated carbocycles. The average Bonchev–Trinajstić information content (AvgIpc) is 4.14. The van der Waals surface area contributed by atoms with Crippen LogP contribution in [-0.2, 0) is 36.4 Å². The number of aliphatic hydroxyl groups is 1. The van der Waals surface area contributed by atoms with E-state index in [1.54, 1.807) is 22.2 Å². The zero-order valence-electron chi connectivity index (χ0n) is 37.6. The maximum Gasteiger partial charge on any atom is 0.315 e. The summed E-state index contributed by atoms with van der Waals surface area (Å²) in [5.74, 6) is -2.12. The van der Waals surface area contributed by atoms with Crippen molar-refractivity contribution in [3.05, 3.63) is 130 Å². The van der Waals surface area contributed by atoms with Gasteiger partial charge in [0.05, 0.1) is 51.7 Å². The number of aromatic nitrogens is 3. The first-order chi connectivity index (χ1) is 31.8. The number of amides is 6. The second kappa shape index (κ2) is 20.2. The van der Waals surface area contributed by atoms with Crippen molar-refractivity contribution >= 4 is 73.1 Å². The van der Waals surface area contributed by atoms with Crippen molar-refractivity contribution in [1.29, 1.82) is 0 Å². The molecule has 20 heteroatoms. The van der Waals surface area contributed by atoms with Gasteiger partial charge in [-0.05, 0) is 47.1 Å². The van der Waals surface area contributed by atoms with Crippen LogP contribution in [0.1, 0.15) is 66.5 Å². The molecule has 1 saturated heterocycles. The molecule has 4 heterocycles. The summed E-state index contributed by atoms with van der Waals surface area (Å²) in [5, 5.41) is 26.7. The number of thiazole rings is 2. The number of hydrogen-bond donors (Lipinski definition) is 6. The second-order valence-electron chi connectivity index (χ2n) is 17.7. The third kappa shape index (κ3) is 11.7. The quantitative estimate of drug-likeness (QED) is 0.0837. The molecule has 1 aliphatic carbocycles. The van der Waals surface area contributed by atoms with Crippen LogP contribution in [0.4, 0.5) is 9.93 Å². The Morgan fingerprint density at radius 1 is 0.970 bits per heavy atom. The molecule has 3 aromatic heterocycles. The molecule has 4 atom stereocenters. The summed E-state index contributed by atoms with van der Waals surface area (Å²) in [6.45, 7) is 7.14. The number of aliphatic hydroxyl groups excluding tert-OH is 1. The molecule has 2 aromatic carbocycles. The Labute approximate surface area is 396 Å². The van der Waals surface area contributed by atoms with Crippen molar-refractivity contribution < 1.29 is 37.5 Å². The van der Waals surface area contributed by atoms with Crippen LogP contribution in [0.2, 0.25) is 0 Å². The van der Waals surface area contributed by atoms with E-state index in [1.165, 1.54) is 17.2 Å². The predicted molar refractivity (Wildman–Crippen MR) is 258 cm³/mol. The monoisotopic (exact) mass is 967 g/mol. The zero-order chi connectivity index (χ0) is 48.1. The zero-order valence-corrected chi connectivity index (χ0v) is 40.1. The van der Waals surface area contributed by atoms with E-state index in [0.717, 1.165) is 60.6 Å². The van der Waals surface area contributed by atoms with Crippen molar-refractivity contribution in [2.75, 3.05) is 31.2 Å². The van der Waals surface area contributed by atoms with E-state index in [0.29, 0.717) is 12.1 Å². The number of allylic oxidation sites excluding steroid dienone is 3. The van der Waals surface area contributed by atoms with Crippen LogP contribution in [0.5, 0.6) is 0 Å². The smallest absolute Gasteiger partial charge is 0.315 e. The molecule has 0 bridgehead atoms. The fourth-order valence-corrected chi connectivity index (χ4v) is 10.2. The largest absolute Gasteiger partial charge is 0.391 e. The van der Waals surface area contributed by atoms with E-state index >= 15 is 0 Å². The number of benzene rings is 2. The van der Waals surface area contributed by atoms with Gasteiger partial charge in [0.25, 0.3) is 5.91 Å². The Morgan fingerprint density at radius 3 is 2.39 bits per heavy atom. The summed E-state index contributed by atoms with van der Waals surface area (Å²) >= 11 is 2.72.